The van der Waals surface area contributed by atoms with Gasteiger partial charge in [-0.2, -0.15) is 5.10 Å². The molecule has 3 nitrogen and oxygen atoms in total. The Morgan fingerprint density at radius 3 is 2.35 bits per heavy atom. The van der Waals surface area contributed by atoms with Crippen LogP contribution < -0.4 is 10.3 Å². The monoisotopic (exact) mass is 343 g/mol. The fraction of sp³-hybridized carbons (Fsp3) is 0.174. The molecular formula is C23H25N3. The Labute approximate surface area is 156 Å². The van der Waals surface area contributed by atoms with Crippen LogP contribution in [0.1, 0.15) is 22.3 Å². The van der Waals surface area contributed by atoms with Gasteiger partial charge in [-0.15, -0.1) is 0 Å². The predicted octanol–water partition coefficient (Wildman–Crippen LogP) is 5.39. The van der Waals surface area contributed by atoms with Crippen molar-refractivity contribution < 1.29 is 0 Å². The molecule has 0 heterocycles. The third kappa shape index (κ3) is 4.73. The molecule has 0 radical (unpaired) electrons. The fourth-order valence-corrected chi connectivity index (χ4v) is 2.79. The van der Waals surface area contributed by atoms with Gasteiger partial charge in [0.05, 0.1) is 11.9 Å². The summed E-state index contributed by atoms with van der Waals surface area (Å²) in [7, 11) is 2.12. The van der Waals surface area contributed by atoms with E-state index in [2.05, 4.69) is 78.8 Å². The van der Waals surface area contributed by atoms with Crippen molar-refractivity contribution in [2.45, 2.75) is 20.4 Å². The van der Waals surface area contributed by atoms with Crippen molar-refractivity contribution in [1.29, 1.82) is 0 Å². The van der Waals surface area contributed by atoms with Crippen LogP contribution >= 0.6 is 0 Å². The molecule has 26 heavy (non-hydrogen) atoms. The summed E-state index contributed by atoms with van der Waals surface area (Å²) in [5.41, 5.74) is 10.2. The highest BCUT2D eigenvalue weighted by Gasteiger charge is 2.04. The zero-order valence-electron chi connectivity index (χ0n) is 15.6. The molecule has 0 spiro atoms. The van der Waals surface area contributed by atoms with E-state index in [0.717, 1.165) is 17.8 Å². The van der Waals surface area contributed by atoms with E-state index in [4.69, 9.17) is 0 Å². The molecule has 3 rings (SSSR count). The Kier molecular flexibility index (Phi) is 5.69. The van der Waals surface area contributed by atoms with Crippen LogP contribution in [-0.4, -0.2) is 13.3 Å². The summed E-state index contributed by atoms with van der Waals surface area (Å²) in [6, 6.07) is 25.1. The van der Waals surface area contributed by atoms with Gasteiger partial charge in [0.1, 0.15) is 0 Å². The van der Waals surface area contributed by atoms with Crippen LogP contribution in [0.2, 0.25) is 0 Å². The first kappa shape index (κ1) is 17.7. The second kappa shape index (κ2) is 8.34. The summed E-state index contributed by atoms with van der Waals surface area (Å²) in [6.07, 6.45) is 1.87. The summed E-state index contributed by atoms with van der Waals surface area (Å²) in [4.78, 5) is 2.26. The third-order valence-electron chi connectivity index (χ3n) is 4.41. The van der Waals surface area contributed by atoms with Crippen molar-refractivity contribution in [2.75, 3.05) is 17.4 Å². The average Bonchev–Trinajstić information content (AvgIpc) is 2.65. The van der Waals surface area contributed by atoms with Crippen LogP contribution in [0.3, 0.4) is 0 Å². The number of nitrogens with zero attached hydrogens (tertiary/aromatic N) is 2. The maximum absolute atomic E-state index is 4.33. The number of benzene rings is 3. The maximum atomic E-state index is 4.33. The van der Waals surface area contributed by atoms with Gasteiger partial charge in [-0.05, 0) is 54.8 Å². The van der Waals surface area contributed by atoms with Gasteiger partial charge < -0.3 is 4.90 Å². The Hall–Kier alpha value is -3.07. The summed E-state index contributed by atoms with van der Waals surface area (Å²) in [5.74, 6) is 0. The maximum Gasteiger partial charge on any atom is 0.0561 e. The molecule has 0 amide bonds. The van der Waals surface area contributed by atoms with E-state index in [-0.39, 0.29) is 0 Å². The molecule has 3 heteroatoms. The number of rotatable bonds is 6. The molecule has 0 aliphatic heterocycles. The Balaban J connectivity index is 1.65. The van der Waals surface area contributed by atoms with Gasteiger partial charge in [0, 0.05) is 19.3 Å². The molecule has 0 saturated carbocycles. The Bertz CT molecular complexity index is 868. The van der Waals surface area contributed by atoms with Crippen LogP contribution in [0.25, 0.3) is 0 Å². The lowest BCUT2D eigenvalue weighted by Gasteiger charge is -2.20. The lowest BCUT2D eigenvalue weighted by molar-refractivity contribution is 0.921. The molecule has 0 aliphatic rings. The number of hydrazone groups is 1. The van der Waals surface area contributed by atoms with Gasteiger partial charge in [-0.3, -0.25) is 5.43 Å². The van der Waals surface area contributed by atoms with Gasteiger partial charge in [-0.1, -0.05) is 54.1 Å². The average molecular weight is 343 g/mol. The predicted molar refractivity (Wildman–Crippen MR) is 112 cm³/mol. The molecule has 0 unspecified atom stereocenters. The first-order valence-corrected chi connectivity index (χ1v) is 8.83. The lowest BCUT2D eigenvalue weighted by Crippen LogP contribution is -2.16. The zero-order valence-corrected chi connectivity index (χ0v) is 15.6. The van der Waals surface area contributed by atoms with Gasteiger partial charge in [0.2, 0.25) is 0 Å². The number of hydrogen-bond donors (Lipinski definition) is 1. The van der Waals surface area contributed by atoms with Crippen molar-refractivity contribution in [3.8, 4) is 0 Å². The van der Waals surface area contributed by atoms with Crippen molar-refractivity contribution >= 4 is 17.6 Å². The minimum atomic E-state index is 0.892. The smallest absolute Gasteiger partial charge is 0.0561 e. The number of para-hydroxylation sites is 1. The van der Waals surface area contributed by atoms with E-state index in [0.29, 0.717) is 0 Å². The van der Waals surface area contributed by atoms with Gasteiger partial charge in [0.15, 0.2) is 0 Å². The number of hydrogen-bond acceptors (Lipinski definition) is 3. The topological polar surface area (TPSA) is 27.6 Å². The second-order valence-electron chi connectivity index (χ2n) is 6.62. The van der Waals surface area contributed by atoms with E-state index in [1.807, 2.05) is 36.5 Å². The zero-order chi connectivity index (χ0) is 18.4. The third-order valence-corrected chi connectivity index (χ3v) is 4.41. The molecule has 132 valence electrons. The molecular weight excluding hydrogens is 318 g/mol. The standard InChI is InChI=1S/C23H25N3/c1-18-9-11-20(12-10-18)17-26(3)23-14-13-21(19(2)15-23)16-24-25-22-7-5-4-6-8-22/h4-16,25H,17H2,1-3H3/b24-16+. The number of aryl methyl sites for hydroxylation is 2. The van der Waals surface area contributed by atoms with Crippen molar-refractivity contribution in [1.82, 2.24) is 0 Å². The molecule has 1 N–H and O–H groups in total. The molecule has 0 atom stereocenters. The van der Waals surface area contributed by atoms with Crippen molar-refractivity contribution in [2.24, 2.45) is 5.10 Å². The van der Waals surface area contributed by atoms with Crippen LogP contribution in [0.15, 0.2) is 77.9 Å². The van der Waals surface area contributed by atoms with Crippen LogP contribution in [0.4, 0.5) is 11.4 Å². The number of nitrogens with one attached hydrogen (secondary N) is 1. The lowest BCUT2D eigenvalue weighted by atomic mass is 10.1. The summed E-state index contributed by atoms with van der Waals surface area (Å²) in [6.45, 7) is 5.12. The minimum absolute atomic E-state index is 0.892. The Morgan fingerprint density at radius 1 is 0.923 bits per heavy atom. The van der Waals surface area contributed by atoms with Crippen LogP contribution in [0.5, 0.6) is 0 Å². The minimum Gasteiger partial charge on any atom is -0.370 e. The van der Waals surface area contributed by atoms with Crippen molar-refractivity contribution in [3.63, 3.8) is 0 Å². The first-order valence-electron chi connectivity index (χ1n) is 8.83. The highest BCUT2D eigenvalue weighted by Crippen LogP contribution is 2.19. The molecule has 0 bridgehead atoms. The molecule has 3 aromatic rings. The molecule has 0 aromatic heterocycles. The quantitative estimate of drug-likeness (QED) is 0.480. The SMILES string of the molecule is Cc1ccc(CN(C)c2ccc(/C=N/Nc3ccccc3)c(C)c2)cc1. The van der Waals surface area contributed by atoms with Gasteiger partial charge in [-0.25, -0.2) is 0 Å². The molecule has 0 aliphatic carbocycles. The molecule has 0 saturated heterocycles. The highest BCUT2D eigenvalue weighted by molar-refractivity contribution is 5.83. The Morgan fingerprint density at radius 2 is 1.65 bits per heavy atom. The first-order chi connectivity index (χ1) is 12.6. The van der Waals surface area contributed by atoms with E-state index < -0.39 is 0 Å². The van der Waals surface area contributed by atoms with Crippen molar-refractivity contribution in [3.05, 3.63) is 95.1 Å². The summed E-state index contributed by atoms with van der Waals surface area (Å²) < 4.78 is 0. The number of anilines is 2. The van der Waals surface area contributed by atoms with E-state index in [9.17, 15) is 0 Å². The van der Waals surface area contributed by atoms with Gasteiger partial charge >= 0.3 is 0 Å². The van der Waals surface area contributed by atoms with Gasteiger partial charge in [0.25, 0.3) is 0 Å². The molecule has 0 fully saturated rings. The van der Waals surface area contributed by atoms with E-state index >= 15 is 0 Å². The van der Waals surface area contributed by atoms with E-state index in [1.165, 1.54) is 22.4 Å². The van der Waals surface area contributed by atoms with Crippen LogP contribution in [0, 0.1) is 13.8 Å². The van der Waals surface area contributed by atoms with E-state index in [1.54, 1.807) is 0 Å². The molecule has 3 aromatic carbocycles. The largest absolute Gasteiger partial charge is 0.370 e. The fourth-order valence-electron chi connectivity index (χ4n) is 2.79. The van der Waals surface area contributed by atoms with Crippen LogP contribution in [-0.2, 0) is 6.54 Å². The summed E-state index contributed by atoms with van der Waals surface area (Å²) >= 11 is 0. The normalized spacial score (nSPS) is 10.9. The highest BCUT2D eigenvalue weighted by atomic mass is 15.3. The second-order valence-corrected chi connectivity index (χ2v) is 6.62. The summed E-state index contributed by atoms with van der Waals surface area (Å²) in [5, 5.41) is 4.33.